The fourth-order valence-electron chi connectivity index (χ4n) is 8.51. The lowest BCUT2D eigenvalue weighted by atomic mass is 10.0. The van der Waals surface area contributed by atoms with E-state index in [1.54, 1.807) is 0 Å². The minimum Gasteiger partial charge on any atom is -0.309 e. The standard InChI is InChI=1S/C47H32N4/c1-2-14-31(15-3-1)32-16-12-17-33(28-32)49-40-22-8-6-20-36(40)38-29-39-37-21-7-11-25-43(37)51(45(39)30-44(38)49)47-27-13-26-46(48-47)50-41-23-9-4-18-34(41)35-19-5-10-24-42(35)50/h1-4,6-18,20-30H,5,19H2. The van der Waals surface area contributed by atoms with Gasteiger partial charge >= 0.3 is 0 Å². The highest BCUT2D eigenvalue weighted by atomic mass is 15.1. The Bertz CT molecular complexity index is 3030. The van der Waals surface area contributed by atoms with Crippen LogP contribution in [0.15, 0.2) is 164 Å². The molecule has 0 fully saturated rings. The number of rotatable bonds is 4. The van der Waals surface area contributed by atoms with Crippen molar-refractivity contribution in [2.24, 2.45) is 0 Å². The Hall–Kier alpha value is -6.65. The van der Waals surface area contributed by atoms with E-state index in [9.17, 15) is 0 Å². The van der Waals surface area contributed by atoms with Gasteiger partial charge in [-0.05, 0) is 90.2 Å². The van der Waals surface area contributed by atoms with Crippen LogP contribution in [0.25, 0.3) is 89.0 Å². The molecule has 6 aromatic carbocycles. The lowest BCUT2D eigenvalue weighted by molar-refractivity contribution is 0.941. The molecule has 0 amide bonds. The van der Waals surface area contributed by atoms with Crippen LogP contribution in [0.1, 0.15) is 17.7 Å². The number of hydrogen-bond acceptors (Lipinski definition) is 1. The van der Waals surface area contributed by atoms with Gasteiger partial charge in [0.05, 0.1) is 33.3 Å². The van der Waals surface area contributed by atoms with Crippen LogP contribution in [0.4, 0.5) is 0 Å². The third-order valence-corrected chi connectivity index (χ3v) is 10.7. The highest BCUT2D eigenvalue weighted by Gasteiger charge is 2.21. The van der Waals surface area contributed by atoms with Crippen LogP contribution in [-0.4, -0.2) is 18.7 Å². The van der Waals surface area contributed by atoms with Crippen LogP contribution in [-0.2, 0) is 6.42 Å². The van der Waals surface area contributed by atoms with Crippen LogP contribution in [0.3, 0.4) is 0 Å². The number of aromatic nitrogens is 4. The van der Waals surface area contributed by atoms with E-state index in [0.29, 0.717) is 0 Å². The zero-order chi connectivity index (χ0) is 33.5. The molecule has 4 aromatic heterocycles. The second-order valence-corrected chi connectivity index (χ2v) is 13.5. The second kappa shape index (κ2) is 10.9. The molecule has 51 heavy (non-hydrogen) atoms. The molecule has 1 aliphatic rings. The topological polar surface area (TPSA) is 27.7 Å². The number of aryl methyl sites for hydroxylation is 1. The number of nitrogens with zero attached hydrogens (tertiary/aromatic N) is 4. The number of pyridine rings is 1. The van der Waals surface area contributed by atoms with Gasteiger partial charge in [0, 0.05) is 32.6 Å². The van der Waals surface area contributed by atoms with Crippen molar-refractivity contribution >= 4 is 60.6 Å². The van der Waals surface area contributed by atoms with Crippen molar-refractivity contribution in [3.63, 3.8) is 0 Å². The van der Waals surface area contributed by atoms with E-state index in [0.717, 1.165) is 41.2 Å². The molecule has 0 aliphatic heterocycles. The summed E-state index contributed by atoms with van der Waals surface area (Å²) in [6, 6.07) is 57.0. The predicted molar refractivity (Wildman–Crippen MR) is 213 cm³/mol. The summed E-state index contributed by atoms with van der Waals surface area (Å²) in [6.45, 7) is 0. The highest BCUT2D eigenvalue weighted by Crippen LogP contribution is 2.40. The molecule has 1 aliphatic carbocycles. The zero-order valence-corrected chi connectivity index (χ0v) is 27.9. The summed E-state index contributed by atoms with van der Waals surface area (Å²) in [7, 11) is 0. The van der Waals surface area contributed by atoms with Gasteiger partial charge in [-0.2, -0.15) is 0 Å². The fraction of sp³-hybridized carbons (Fsp3) is 0.0426. The first-order chi connectivity index (χ1) is 25.3. The highest BCUT2D eigenvalue weighted by molar-refractivity contribution is 6.19. The number of para-hydroxylation sites is 3. The van der Waals surface area contributed by atoms with Gasteiger partial charge in [-0.1, -0.05) is 109 Å². The van der Waals surface area contributed by atoms with Crippen LogP contribution >= 0.6 is 0 Å². The third-order valence-electron chi connectivity index (χ3n) is 10.7. The molecule has 0 N–H and O–H groups in total. The van der Waals surface area contributed by atoms with E-state index in [1.165, 1.54) is 65.9 Å². The summed E-state index contributed by atoms with van der Waals surface area (Å²) in [5.74, 6) is 1.83. The molecule has 0 bridgehead atoms. The van der Waals surface area contributed by atoms with Crippen molar-refractivity contribution in [2.75, 3.05) is 0 Å². The maximum Gasteiger partial charge on any atom is 0.140 e. The normalized spacial score (nSPS) is 12.9. The first-order valence-electron chi connectivity index (χ1n) is 17.7. The van der Waals surface area contributed by atoms with Gasteiger partial charge in [0.2, 0.25) is 0 Å². The molecule has 0 radical (unpaired) electrons. The van der Waals surface area contributed by atoms with Gasteiger partial charge in [-0.3, -0.25) is 9.13 Å². The fourth-order valence-corrected chi connectivity index (χ4v) is 8.51. The first kappa shape index (κ1) is 28.2. The van der Waals surface area contributed by atoms with Gasteiger partial charge in [0.25, 0.3) is 0 Å². The number of fused-ring (bicyclic) bond motifs is 9. The summed E-state index contributed by atoms with van der Waals surface area (Å²) in [5.41, 5.74) is 12.0. The monoisotopic (exact) mass is 652 g/mol. The van der Waals surface area contributed by atoms with E-state index < -0.39 is 0 Å². The Balaban J connectivity index is 1.19. The molecular formula is C47H32N4. The number of hydrogen-bond donors (Lipinski definition) is 0. The molecule has 0 saturated carbocycles. The van der Waals surface area contributed by atoms with Gasteiger partial charge in [0.1, 0.15) is 11.6 Å². The molecule has 0 unspecified atom stereocenters. The van der Waals surface area contributed by atoms with Crippen molar-refractivity contribution < 1.29 is 0 Å². The average molecular weight is 653 g/mol. The molecule has 11 rings (SSSR count). The smallest absolute Gasteiger partial charge is 0.140 e. The van der Waals surface area contributed by atoms with Crippen molar-refractivity contribution in [1.82, 2.24) is 18.7 Å². The van der Waals surface area contributed by atoms with Crippen molar-refractivity contribution in [3.05, 3.63) is 175 Å². The summed E-state index contributed by atoms with van der Waals surface area (Å²) in [4.78, 5) is 5.45. The zero-order valence-electron chi connectivity index (χ0n) is 27.9. The minimum absolute atomic E-state index is 0.901. The first-order valence-corrected chi connectivity index (χ1v) is 17.7. The molecule has 0 spiro atoms. The third kappa shape index (κ3) is 4.17. The Morgan fingerprint density at radius 2 is 1.00 bits per heavy atom. The predicted octanol–water partition coefficient (Wildman–Crippen LogP) is 11.8. The summed E-state index contributed by atoms with van der Waals surface area (Å²) >= 11 is 0. The largest absolute Gasteiger partial charge is 0.309 e. The van der Waals surface area contributed by atoms with Crippen molar-refractivity contribution in [2.45, 2.75) is 12.8 Å². The minimum atomic E-state index is 0.901. The van der Waals surface area contributed by atoms with Crippen molar-refractivity contribution in [1.29, 1.82) is 0 Å². The van der Waals surface area contributed by atoms with E-state index >= 15 is 0 Å². The summed E-state index contributed by atoms with van der Waals surface area (Å²) in [6.07, 6.45) is 6.67. The molecule has 0 atom stereocenters. The van der Waals surface area contributed by atoms with Gasteiger partial charge in [-0.15, -0.1) is 0 Å². The van der Waals surface area contributed by atoms with Crippen molar-refractivity contribution in [3.8, 4) is 28.5 Å². The van der Waals surface area contributed by atoms with Gasteiger partial charge < -0.3 is 4.57 Å². The molecule has 240 valence electrons. The molecule has 10 aromatic rings. The van der Waals surface area contributed by atoms with E-state index in [1.807, 2.05) is 0 Å². The molecule has 4 nitrogen and oxygen atoms in total. The van der Waals surface area contributed by atoms with Crippen LogP contribution in [0.5, 0.6) is 0 Å². The molecule has 4 heterocycles. The SMILES string of the molecule is C1=Cc2c(c3ccccc3n2-c2cccc(-n3c4ccccc4c4cc5c6ccccc6n(-c6cccc(-c7ccccc7)c6)c5cc43)n2)CC1. The van der Waals surface area contributed by atoms with Crippen LogP contribution in [0.2, 0.25) is 0 Å². The Morgan fingerprint density at radius 1 is 0.412 bits per heavy atom. The lowest BCUT2D eigenvalue weighted by Gasteiger charge is -2.14. The van der Waals surface area contributed by atoms with E-state index in [4.69, 9.17) is 4.98 Å². The van der Waals surface area contributed by atoms with Gasteiger partial charge in [0.15, 0.2) is 0 Å². The maximum absolute atomic E-state index is 5.45. The average Bonchev–Trinajstić information content (AvgIpc) is 3.83. The summed E-state index contributed by atoms with van der Waals surface area (Å²) < 4.78 is 7.12. The lowest BCUT2D eigenvalue weighted by Crippen LogP contribution is -2.05. The van der Waals surface area contributed by atoms with Gasteiger partial charge in [-0.25, -0.2) is 4.98 Å². The Morgan fingerprint density at radius 3 is 1.76 bits per heavy atom. The van der Waals surface area contributed by atoms with Crippen LogP contribution < -0.4 is 0 Å². The van der Waals surface area contributed by atoms with Crippen LogP contribution in [0, 0.1) is 0 Å². The van der Waals surface area contributed by atoms with E-state index in [-0.39, 0.29) is 0 Å². The summed E-state index contributed by atoms with van der Waals surface area (Å²) in [5, 5.41) is 6.24. The number of allylic oxidation sites excluding steroid dienone is 1. The van der Waals surface area contributed by atoms with E-state index in [2.05, 4.69) is 184 Å². The molecule has 4 heteroatoms. The second-order valence-electron chi connectivity index (χ2n) is 13.5. The number of benzene rings is 6. The maximum atomic E-state index is 5.45. The Labute approximate surface area is 294 Å². The quantitative estimate of drug-likeness (QED) is 0.186. The molecular weight excluding hydrogens is 621 g/mol. The Kier molecular flexibility index (Phi) is 6.05. The molecule has 0 saturated heterocycles.